The molecular formula is C25H29FN6O2. The van der Waals surface area contributed by atoms with Gasteiger partial charge >= 0.3 is 0 Å². The van der Waals surface area contributed by atoms with Gasteiger partial charge in [0.15, 0.2) is 0 Å². The molecule has 0 bridgehead atoms. The van der Waals surface area contributed by atoms with Crippen molar-refractivity contribution in [2.75, 3.05) is 0 Å². The minimum Gasteiger partial charge on any atom is -0.352 e. The molecule has 9 heteroatoms. The molecule has 1 heterocycles. The first kappa shape index (κ1) is 23.5. The van der Waals surface area contributed by atoms with Crippen LogP contribution in [0.25, 0.3) is 11.4 Å². The summed E-state index contributed by atoms with van der Waals surface area (Å²) in [6, 6.07) is 13.0. The number of aryl methyl sites for hydroxylation is 1. The molecule has 0 aliphatic heterocycles. The number of halogens is 1. The quantitative estimate of drug-likeness (QED) is 0.552. The summed E-state index contributed by atoms with van der Waals surface area (Å²) in [5.74, 6) is -0.463. The summed E-state index contributed by atoms with van der Waals surface area (Å²) in [6.45, 7) is 3.70. The Hall–Kier alpha value is -3.62. The van der Waals surface area contributed by atoms with Crippen LogP contribution >= 0.6 is 0 Å². The topological polar surface area (TPSA) is 93.0 Å². The van der Waals surface area contributed by atoms with Crippen molar-refractivity contribution in [3.8, 4) is 11.4 Å². The van der Waals surface area contributed by atoms with Crippen LogP contribution in [0.3, 0.4) is 0 Å². The number of nitrogens with zero attached hydrogens (tertiary/aromatic N) is 5. The van der Waals surface area contributed by atoms with Gasteiger partial charge < -0.3 is 10.2 Å². The maximum Gasteiger partial charge on any atom is 0.247 e. The highest BCUT2D eigenvalue weighted by atomic mass is 19.1. The lowest BCUT2D eigenvalue weighted by molar-refractivity contribution is -0.141. The molecule has 1 aromatic heterocycles. The van der Waals surface area contributed by atoms with Gasteiger partial charge in [0, 0.05) is 18.2 Å². The largest absolute Gasteiger partial charge is 0.352 e. The molecule has 178 valence electrons. The first-order valence-corrected chi connectivity index (χ1v) is 11.6. The van der Waals surface area contributed by atoms with E-state index in [4.69, 9.17) is 0 Å². The van der Waals surface area contributed by atoms with Gasteiger partial charge in [-0.1, -0.05) is 54.8 Å². The van der Waals surface area contributed by atoms with Crippen LogP contribution in [0.5, 0.6) is 0 Å². The Labute approximate surface area is 198 Å². The molecule has 34 heavy (non-hydrogen) atoms. The normalized spacial score (nSPS) is 14.7. The smallest absolute Gasteiger partial charge is 0.247 e. The van der Waals surface area contributed by atoms with E-state index in [1.165, 1.54) is 21.8 Å². The van der Waals surface area contributed by atoms with Gasteiger partial charge in [-0.05, 0) is 49.6 Å². The van der Waals surface area contributed by atoms with Crippen LogP contribution in [0, 0.1) is 12.7 Å². The molecule has 4 rings (SSSR count). The predicted octanol–water partition coefficient (Wildman–Crippen LogP) is 3.26. The molecule has 1 aliphatic rings. The van der Waals surface area contributed by atoms with E-state index < -0.39 is 6.04 Å². The lowest BCUT2D eigenvalue weighted by atomic mass is 10.1. The van der Waals surface area contributed by atoms with Crippen molar-refractivity contribution in [3.05, 3.63) is 65.5 Å². The molecule has 2 aromatic carbocycles. The molecule has 1 N–H and O–H groups in total. The third-order valence-corrected chi connectivity index (χ3v) is 6.17. The van der Waals surface area contributed by atoms with Gasteiger partial charge in [-0.25, -0.2) is 4.39 Å². The van der Waals surface area contributed by atoms with Gasteiger partial charge in [0.05, 0.1) is 0 Å². The molecule has 0 unspecified atom stereocenters. The molecule has 0 radical (unpaired) electrons. The average Bonchev–Trinajstić information content (AvgIpc) is 3.51. The summed E-state index contributed by atoms with van der Waals surface area (Å²) in [5.41, 5.74) is 2.64. The molecular weight excluding hydrogens is 435 g/mol. The second-order valence-corrected chi connectivity index (χ2v) is 8.82. The van der Waals surface area contributed by atoms with E-state index in [1.54, 1.807) is 19.1 Å². The summed E-state index contributed by atoms with van der Waals surface area (Å²) in [4.78, 5) is 29.0. The van der Waals surface area contributed by atoms with Crippen LogP contribution in [0.15, 0.2) is 48.5 Å². The lowest BCUT2D eigenvalue weighted by Gasteiger charge is -2.29. The summed E-state index contributed by atoms with van der Waals surface area (Å²) in [7, 11) is 0. The van der Waals surface area contributed by atoms with Gasteiger partial charge in [0.25, 0.3) is 0 Å². The molecule has 0 spiro atoms. The van der Waals surface area contributed by atoms with Crippen LogP contribution in [-0.4, -0.2) is 49.0 Å². The maximum absolute atomic E-state index is 13.4. The van der Waals surface area contributed by atoms with E-state index in [0.717, 1.165) is 42.4 Å². The van der Waals surface area contributed by atoms with Crippen LogP contribution in [0.2, 0.25) is 0 Å². The molecule has 1 fully saturated rings. The Morgan fingerprint density at radius 2 is 1.79 bits per heavy atom. The highest BCUT2D eigenvalue weighted by molar-refractivity contribution is 5.87. The van der Waals surface area contributed by atoms with E-state index in [9.17, 15) is 14.0 Å². The summed E-state index contributed by atoms with van der Waals surface area (Å²) in [6.07, 6.45) is 4.10. The molecule has 2 amide bonds. The number of aromatic nitrogens is 4. The number of amides is 2. The number of hydrogen-bond donors (Lipinski definition) is 1. The number of rotatable bonds is 8. The van der Waals surface area contributed by atoms with Gasteiger partial charge in [-0.3, -0.25) is 9.59 Å². The number of tetrazole rings is 1. The number of nitrogens with one attached hydrogen (secondary N) is 1. The zero-order chi connectivity index (χ0) is 24.1. The van der Waals surface area contributed by atoms with Crippen molar-refractivity contribution in [1.29, 1.82) is 0 Å². The van der Waals surface area contributed by atoms with E-state index in [-0.39, 0.29) is 36.8 Å². The van der Waals surface area contributed by atoms with Crippen molar-refractivity contribution >= 4 is 11.8 Å². The Kier molecular flexibility index (Phi) is 7.30. The van der Waals surface area contributed by atoms with Crippen molar-refractivity contribution in [1.82, 2.24) is 30.4 Å². The number of benzene rings is 2. The third-order valence-electron chi connectivity index (χ3n) is 6.17. The third kappa shape index (κ3) is 5.84. The molecule has 3 aromatic rings. The Morgan fingerprint density at radius 3 is 2.47 bits per heavy atom. The summed E-state index contributed by atoms with van der Waals surface area (Å²) >= 11 is 0. The van der Waals surface area contributed by atoms with E-state index in [1.807, 2.05) is 31.2 Å². The molecule has 1 aliphatic carbocycles. The van der Waals surface area contributed by atoms with Gasteiger partial charge in [-0.2, -0.15) is 4.80 Å². The molecule has 1 saturated carbocycles. The molecule has 8 nitrogen and oxygen atoms in total. The second kappa shape index (κ2) is 10.5. The SMILES string of the molecule is Cc1ccc(-c2nnn(CC(=O)N(Cc3ccc(F)cc3)[C@@H](C)C(=O)NC3CCCC3)n2)cc1. The van der Waals surface area contributed by atoms with Crippen molar-refractivity contribution in [3.63, 3.8) is 0 Å². The highest BCUT2D eigenvalue weighted by Crippen LogP contribution is 2.19. The Bertz CT molecular complexity index is 1120. The zero-order valence-corrected chi connectivity index (χ0v) is 19.4. The Morgan fingerprint density at radius 1 is 1.12 bits per heavy atom. The number of carbonyl (C=O) groups excluding carboxylic acids is 2. The van der Waals surface area contributed by atoms with E-state index in [2.05, 4.69) is 20.7 Å². The fourth-order valence-electron chi connectivity index (χ4n) is 4.10. The monoisotopic (exact) mass is 464 g/mol. The highest BCUT2D eigenvalue weighted by Gasteiger charge is 2.29. The minimum atomic E-state index is -0.710. The fraction of sp³-hybridized carbons (Fsp3) is 0.400. The lowest BCUT2D eigenvalue weighted by Crippen LogP contribution is -2.50. The van der Waals surface area contributed by atoms with Crippen molar-refractivity contribution in [2.45, 2.75) is 64.7 Å². The first-order chi connectivity index (χ1) is 16.4. The number of hydrogen-bond acceptors (Lipinski definition) is 5. The summed E-state index contributed by atoms with van der Waals surface area (Å²) < 4.78 is 13.4. The van der Waals surface area contributed by atoms with Crippen molar-refractivity contribution in [2.24, 2.45) is 0 Å². The zero-order valence-electron chi connectivity index (χ0n) is 19.4. The first-order valence-electron chi connectivity index (χ1n) is 11.6. The van der Waals surface area contributed by atoms with E-state index in [0.29, 0.717) is 5.82 Å². The fourth-order valence-corrected chi connectivity index (χ4v) is 4.10. The van der Waals surface area contributed by atoms with Gasteiger partial charge in [-0.15, -0.1) is 10.2 Å². The Balaban J connectivity index is 1.50. The van der Waals surface area contributed by atoms with Crippen LogP contribution < -0.4 is 5.32 Å². The number of carbonyl (C=O) groups is 2. The van der Waals surface area contributed by atoms with Gasteiger partial charge in [0.2, 0.25) is 17.6 Å². The van der Waals surface area contributed by atoms with Gasteiger partial charge in [0.1, 0.15) is 18.4 Å². The summed E-state index contributed by atoms with van der Waals surface area (Å²) in [5, 5.41) is 15.5. The predicted molar refractivity (Wildman–Crippen MR) is 125 cm³/mol. The van der Waals surface area contributed by atoms with Crippen LogP contribution in [-0.2, 0) is 22.7 Å². The van der Waals surface area contributed by atoms with Crippen LogP contribution in [0.1, 0.15) is 43.7 Å². The maximum atomic E-state index is 13.4. The standard InChI is InChI=1S/C25H29FN6O2/c1-17-7-11-20(12-8-17)24-28-30-32(29-24)16-23(33)31(15-19-9-13-21(26)14-10-19)18(2)25(34)27-22-5-3-4-6-22/h7-14,18,22H,3-6,15-16H2,1-2H3,(H,27,34)/t18-/m0/s1. The van der Waals surface area contributed by atoms with Crippen molar-refractivity contribution < 1.29 is 14.0 Å². The molecule has 1 atom stereocenters. The molecule has 0 saturated heterocycles. The van der Waals surface area contributed by atoms with Crippen LogP contribution in [0.4, 0.5) is 4.39 Å². The minimum absolute atomic E-state index is 0.145. The average molecular weight is 465 g/mol. The second-order valence-electron chi connectivity index (χ2n) is 8.82. The van der Waals surface area contributed by atoms with E-state index >= 15 is 0 Å².